The molecule has 4 heteroatoms. The topological polar surface area (TPSA) is 63.6 Å². The Kier molecular flexibility index (Phi) is 3.68. The number of esters is 1. The molecule has 0 spiro atoms. The first-order chi connectivity index (χ1) is 6.28. The smallest absolute Gasteiger partial charge is 0.306 e. The summed E-state index contributed by atoms with van der Waals surface area (Å²) in [6.07, 6.45) is -3.41. The van der Waals surface area contributed by atoms with Crippen LogP contribution in [0.25, 0.3) is 0 Å². The van der Waals surface area contributed by atoms with Gasteiger partial charge in [-0.1, -0.05) is 0 Å². The Balaban J connectivity index is 4.05. The van der Waals surface area contributed by atoms with Gasteiger partial charge in [-0.05, 0) is 20.2 Å². The van der Waals surface area contributed by atoms with E-state index < -0.39 is 31.5 Å². The van der Waals surface area contributed by atoms with Crippen molar-refractivity contribution in [2.75, 3.05) is 6.61 Å². The lowest BCUT2D eigenvalue weighted by molar-refractivity contribution is -0.153. The van der Waals surface area contributed by atoms with Gasteiger partial charge in [-0.2, -0.15) is 0 Å². The summed E-state index contributed by atoms with van der Waals surface area (Å²) in [5.41, 5.74) is 0. The molecule has 0 aromatic heterocycles. The maximum absolute atomic E-state index is 11.0. The monoisotopic (exact) mass is 176 g/mol. The van der Waals surface area contributed by atoms with E-state index in [1.54, 1.807) is 0 Å². The van der Waals surface area contributed by atoms with Gasteiger partial charge in [0.2, 0.25) is 0 Å². The average Bonchev–Trinajstić information content (AvgIpc) is 2.02. The van der Waals surface area contributed by atoms with Crippen molar-refractivity contribution < 1.29 is 22.2 Å². The molecule has 1 N–H and O–H groups in total. The first-order valence-corrected chi connectivity index (χ1v) is 3.59. The number of aliphatic hydroxyl groups excluding tert-OH is 1. The fourth-order valence-electron chi connectivity index (χ4n) is 0.480. The molecule has 0 heterocycles. The van der Waals surface area contributed by atoms with Crippen LogP contribution in [0.5, 0.6) is 0 Å². The SMILES string of the molecule is [2H]C([2H])(CO)CC(=O)O[C@@H](C)C(C)=O. The Morgan fingerprint density at radius 2 is 2.25 bits per heavy atom. The van der Waals surface area contributed by atoms with E-state index in [-0.39, 0.29) is 5.78 Å². The minimum Gasteiger partial charge on any atom is -0.455 e. The third kappa shape index (κ3) is 4.85. The van der Waals surface area contributed by atoms with E-state index in [1.165, 1.54) is 13.8 Å². The standard InChI is InChI=1S/C8H14O4/c1-6(10)7(2)12-8(11)4-3-5-9/h7,9H,3-5H2,1-2H3/t7-/m0/s1/i3D2. The number of ketones is 1. The summed E-state index contributed by atoms with van der Waals surface area (Å²) in [6.45, 7) is 1.93. The Morgan fingerprint density at radius 3 is 2.67 bits per heavy atom. The zero-order valence-electron chi connectivity index (χ0n) is 9.16. The molecule has 0 aliphatic carbocycles. The highest BCUT2D eigenvalue weighted by Crippen LogP contribution is 1.97. The maximum atomic E-state index is 11.0. The van der Waals surface area contributed by atoms with Crippen molar-refractivity contribution in [3.05, 3.63) is 0 Å². The highest BCUT2D eigenvalue weighted by molar-refractivity contribution is 5.83. The molecule has 0 aromatic rings. The normalized spacial score (nSPS) is 15.9. The fraction of sp³-hybridized carbons (Fsp3) is 0.750. The zero-order chi connectivity index (χ0) is 11.4. The third-order valence-electron chi connectivity index (χ3n) is 1.26. The second kappa shape index (κ2) is 5.71. The largest absolute Gasteiger partial charge is 0.455 e. The predicted molar refractivity (Wildman–Crippen MR) is 42.6 cm³/mol. The average molecular weight is 176 g/mol. The first kappa shape index (κ1) is 7.73. The Morgan fingerprint density at radius 1 is 1.67 bits per heavy atom. The lowest BCUT2D eigenvalue weighted by atomic mass is 10.3. The summed E-state index contributed by atoms with van der Waals surface area (Å²) >= 11 is 0. The molecule has 4 nitrogen and oxygen atoms in total. The van der Waals surface area contributed by atoms with Crippen molar-refractivity contribution >= 4 is 11.8 Å². The Labute approximate surface area is 74.3 Å². The lowest BCUT2D eigenvalue weighted by Gasteiger charge is -2.08. The molecule has 70 valence electrons. The van der Waals surface area contributed by atoms with E-state index in [9.17, 15) is 9.59 Å². The van der Waals surface area contributed by atoms with Crippen LogP contribution < -0.4 is 0 Å². The first-order valence-electron chi connectivity index (χ1n) is 4.59. The van der Waals surface area contributed by atoms with Crippen LogP contribution in [0, 0.1) is 0 Å². The summed E-state index contributed by atoms with van der Waals surface area (Å²) in [4.78, 5) is 21.7. The van der Waals surface area contributed by atoms with Crippen molar-refractivity contribution in [3.8, 4) is 0 Å². The van der Waals surface area contributed by atoms with Gasteiger partial charge in [-0.3, -0.25) is 9.59 Å². The van der Waals surface area contributed by atoms with Crippen molar-refractivity contribution in [2.24, 2.45) is 0 Å². The van der Waals surface area contributed by atoms with Crippen molar-refractivity contribution in [3.63, 3.8) is 0 Å². The van der Waals surface area contributed by atoms with Crippen molar-refractivity contribution in [1.29, 1.82) is 0 Å². The van der Waals surface area contributed by atoms with Gasteiger partial charge in [-0.15, -0.1) is 0 Å². The molecule has 12 heavy (non-hydrogen) atoms. The molecule has 0 bridgehead atoms. The summed E-state index contributed by atoms with van der Waals surface area (Å²) in [7, 11) is 0. The van der Waals surface area contributed by atoms with Gasteiger partial charge in [-0.25, -0.2) is 0 Å². The second-order valence-corrected chi connectivity index (χ2v) is 2.33. The van der Waals surface area contributed by atoms with E-state index >= 15 is 0 Å². The van der Waals surface area contributed by atoms with Crippen molar-refractivity contribution in [1.82, 2.24) is 0 Å². The molecule has 1 atom stereocenters. The van der Waals surface area contributed by atoms with Crippen LogP contribution in [0.1, 0.15) is 29.4 Å². The molecule has 0 aliphatic heterocycles. The molecule has 0 saturated carbocycles. The summed E-state index contributed by atoms with van der Waals surface area (Å²) in [5.74, 6) is -1.13. The van der Waals surface area contributed by atoms with Gasteiger partial charge in [0.1, 0.15) is 0 Å². The summed E-state index contributed by atoms with van der Waals surface area (Å²) < 4.78 is 18.8. The third-order valence-corrected chi connectivity index (χ3v) is 1.26. The van der Waals surface area contributed by atoms with Crippen LogP contribution in [0.4, 0.5) is 0 Å². The van der Waals surface area contributed by atoms with E-state index in [0.29, 0.717) is 0 Å². The Hall–Kier alpha value is -0.900. The number of carbonyl (C=O) groups excluding carboxylic acids is 2. The Bertz CT molecular complexity index is 227. The maximum Gasteiger partial charge on any atom is 0.306 e. The highest BCUT2D eigenvalue weighted by atomic mass is 16.5. The van der Waals surface area contributed by atoms with E-state index in [2.05, 4.69) is 4.74 Å². The number of Topliss-reactive ketones (excluding diaryl/α,β-unsaturated/α-hetero) is 1. The molecule has 0 aliphatic rings. The van der Waals surface area contributed by atoms with E-state index in [4.69, 9.17) is 7.85 Å². The molecular formula is C8H14O4. The summed E-state index contributed by atoms with van der Waals surface area (Å²) in [6, 6.07) is 0. The van der Waals surface area contributed by atoms with Crippen LogP contribution in [0.2, 0.25) is 0 Å². The van der Waals surface area contributed by atoms with Crippen LogP contribution in [0.15, 0.2) is 0 Å². The zero-order valence-corrected chi connectivity index (χ0v) is 7.16. The van der Waals surface area contributed by atoms with Gasteiger partial charge in [0.05, 0.1) is 0 Å². The predicted octanol–water partition coefficient (Wildman–Crippen LogP) is 0.280. The van der Waals surface area contributed by atoms with Crippen molar-refractivity contribution in [2.45, 2.75) is 32.7 Å². The van der Waals surface area contributed by atoms with Gasteiger partial charge in [0.15, 0.2) is 11.9 Å². The van der Waals surface area contributed by atoms with Crippen LogP contribution in [-0.2, 0) is 14.3 Å². The molecular weight excluding hydrogens is 160 g/mol. The highest BCUT2D eigenvalue weighted by Gasteiger charge is 2.12. The molecule has 0 amide bonds. The van der Waals surface area contributed by atoms with Gasteiger partial charge in [0, 0.05) is 15.8 Å². The number of ether oxygens (including phenoxy) is 1. The number of hydrogen-bond donors (Lipinski definition) is 1. The van der Waals surface area contributed by atoms with E-state index in [0.717, 1.165) is 0 Å². The molecule has 0 aromatic carbocycles. The molecule has 0 saturated heterocycles. The second-order valence-electron chi connectivity index (χ2n) is 2.33. The van der Waals surface area contributed by atoms with Crippen LogP contribution in [0.3, 0.4) is 0 Å². The van der Waals surface area contributed by atoms with Crippen LogP contribution in [-0.4, -0.2) is 29.6 Å². The minimum atomic E-state index is -1.99. The van der Waals surface area contributed by atoms with Gasteiger partial charge < -0.3 is 9.84 Å². The number of carbonyl (C=O) groups is 2. The quantitative estimate of drug-likeness (QED) is 0.611. The van der Waals surface area contributed by atoms with E-state index in [1.807, 2.05) is 0 Å². The summed E-state index contributed by atoms with van der Waals surface area (Å²) in [5, 5.41) is 8.54. The molecule has 0 rings (SSSR count). The number of aliphatic hydroxyl groups is 1. The molecule has 0 unspecified atom stereocenters. The minimum absolute atomic E-state index is 0.303. The lowest BCUT2D eigenvalue weighted by Crippen LogP contribution is -2.21. The van der Waals surface area contributed by atoms with Gasteiger partial charge >= 0.3 is 5.97 Å². The number of rotatable bonds is 5. The van der Waals surface area contributed by atoms with Crippen LogP contribution >= 0.6 is 0 Å². The molecule has 0 radical (unpaired) electrons. The molecule has 0 fully saturated rings. The number of hydrogen-bond acceptors (Lipinski definition) is 4. The fourth-order valence-corrected chi connectivity index (χ4v) is 0.480. The van der Waals surface area contributed by atoms with Gasteiger partial charge in [0.25, 0.3) is 0 Å².